The van der Waals surface area contributed by atoms with Gasteiger partial charge in [0, 0.05) is 118 Å². The van der Waals surface area contributed by atoms with E-state index in [1.165, 1.54) is 9.80 Å². The number of hydrogen-bond donors (Lipinski definition) is 0. The Bertz CT molecular complexity index is 1080. The van der Waals surface area contributed by atoms with Crippen molar-refractivity contribution < 1.29 is 184 Å². The van der Waals surface area contributed by atoms with Gasteiger partial charge in [-0.1, -0.05) is 0 Å². The molecule has 0 aromatic carbocycles. The standard InChI is InChI=1S/2C14H23N3O10.5Fe/c2*18-10(19)5-15(1-3-16(6-11(20)21)7-12(22)23)2-4-17(8-13(24)25)9-14(26)27;;;;;/h2*1-9H2,(H,18,19)(H,20,21)(H,22,23)(H,24,25)(H,26,27);;;;;/q;;5*+2/p-10. The molecule has 0 unspecified atom stereocenters. The second-order valence-corrected chi connectivity index (χ2v) is 11.1. The van der Waals surface area contributed by atoms with E-state index < -0.39 is 125 Å². The van der Waals surface area contributed by atoms with Crippen LogP contribution in [0.25, 0.3) is 0 Å². The minimum atomic E-state index is -1.54. The zero-order valence-electron chi connectivity index (χ0n) is 30.3. The molecule has 0 saturated heterocycles. The van der Waals surface area contributed by atoms with Crippen LogP contribution in [0.4, 0.5) is 0 Å². The Morgan fingerprint density at radius 2 is 0.288 bits per heavy atom. The molecule has 0 heterocycles. The van der Waals surface area contributed by atoms with E-state index in [0.717, 1.165) is 19.6 Å². The molecule has 0 fully saturated rings. The predicted octanol–water partition coefficient (Wildman–Crippen LogP) is -18.7. The van der Waals surface area contributed by atoms with E-state index >= 15 is 0 Å². The number of aliphatic carboxylic acids is 10. The molecule has 0 aromatic heterocycles. The SMILES string of the molecule is O=C([O-])CN(CCN(CC(=O)[O-])CC(=O)[O-])CCN(CC(=O)[O-])CC(=O)[O-].O=C([O-])CN(CCN(CC(=O)[O-])CC(=O)[O-])CCN(CC(=O)[O-])CC(=O)[O-].[Fe+2].[Fe+2].[Fe+2].[Fe+2].[Fe+2]. The van der Waals surface area contributed by atoms with E-state index in [9.17, 15) is 99.0 Å². The molecule has 0 amide bonds. The first-order valence-electron chi connectivity index (χ1n) is 15.3. The molecule has 0 saturated carbocycles. The summed E-state index contributed by atoms with van der Waals surface area (Å²) in [6.07, 6.45) is 0. The van der Waals surface area contributed by atoms with Crippen molar-refractivity contribution in [3.8, 4) is 0 Å². The predicted molar refractivity (Wildman–Crippen MR) is 149 cm³/mol. The summed E-state index contributed by atoms with van der Waals surface area (Å²) in [5, 5.41) is 107. The number of carbonyl (C=O) groups excluding carboxylic acids is 10. The minimum Gasteiger partial charge on any atom is -0.549 e. The molecule has 338 valence electrons. The number of carboxylic acids is 10. The first kappa shape index (κ1) is 70.6. The first-order valence-corrected chi connectivity index (χ1v) is 15.3. The number of nitrogens with zero attached hydrogens (tertiary/aromatic N) is 6. The molecule has 31 heteroatoms. The smallest absolute Gasteiger partial charge is 0.549 e. The van der Waals surface area contributed by atoms with Crippen LogP contribution in [0.2, 0.25) is 0 Å². The number of hydrogen-bond acceptors (Lipinski definition) is 26. The fourth-order valence-electron chi connectivity index (χ4n) is 4.35. The molecule has 0 atom stereocenters. The summed E-state index contributed by atoms with van der Waals surface area (Å²) in [5.41, 5.74) is 0. The average Bonchev–Trinajstić information content (AvgIpc) is 2.97. The van der Waals surface area contributed by atoms with Gasteiger partial charge in [0.15, 0.2) is 0 Å². The Hall–Kier alpha value is -2.94. The summed E-state index contributed by atoms with van der Waals surface area (Å²) in [4.78, 5) is 113. The number of carboxylic acid groups (broad SMARTS) is 10. The quantitative estimate of drug-likeness (QED) is 0.0565. The van der Waals surface area contributed by atoms with Crippen LogP contribution in [0.1, 0.15) is 0 Å². The van der Waals surface area contributed by atoms with E-state index in [-0.39, 0.29) is 138 Å². The summed E-state index contributed by atoms with van der Waals surface area (Å²) in [6.45, 7) is -8.32. The summed E-state index contributed by atoms with van der Waals surface area (Å²) in [5.74, 6) is -15.3. The molecule has 0 N–H and O–H groups in total. The molecular weight excluding hydrogens is 1020 g/mol. The number of rotatable bonds is 32. The Labute approximate surface area is 389 Å². The van der Waals surface area contributed by atoms with Gasteiger partial charge < -0.3 is 99.0 Å². The molecule has 0 radical (unpaired) electrons. The molecule has 26 nitrogen and oxygen atoms in total. The molecule has 0 aromatic rings. The van der Waals surface area contributed by atoms with Crippen molar-refractivity contribution in [1.82, 2.24) is 29.4 Å². The van der Waals surface area contributed by atoms with Crippen LogP contribution in [0.5, 0.6) is 0 Å². The maximum absolute atomic E-state index is 10.8. The third kappa shape index (κ3) is 47.6. The Morgan fingerprint density at radius 3 is 0.390 bits per heavy atom. The van der Waals surface area contributed by atoms with E-state index in [1.807, 2.05) is 0 Å². The summed E-state index contributed by atoms with van der Waals surface area (Å²) in [7, 11) is 0. The van der Waals surface area contributed by atoms with Crippen LogP contribution in [0.3, 0.4) is 0 Å². The van der Waals surface area contributed by atoms with Crippen LogP contribution in [0.15, 0.2) is 0 Å². The maximum Gasteiger partial charge on any atom is 2.00 e. The van der Waals surface area contributed by atoms with Gasteiger partial charge in [-0.2, -0.15) is 0 Å². The molecule has 0 spiro atoms. The van der Waals surface area contributed by atoms with Crippen molar-refractivity contribution in [2.24, 2.45) is 0 Å². The second-order valence-electron chi connectivity index (χ2n) is 11.1. The fraction of sp³-hybridized carbons (Fsp3) is 0.643. The Kier molecular flexibility index (Phi) is 48.4. The molecule has 0 rings (SSSR count). The zero-order valence-corrected chi connectivity index (χ0v) is 35.9. The van der Waals surface area contributed by atoms with Crippen LogP contribution in [0, 0.1) is 0 Å². The van der Waals surface area contributed by atoms with Crippen LogP contribution in [-0.2, 0) is 133 Å². The Balaban J connectivity index is -0.000000169. The first-order chi connectivity index (χ1) is 25.0. The van der Waals surface area contributed by atoms with Gasteiger partial charge in [0.2, 0.25) is 0 Å². The average molecular weight is 1060 g/mol. The van der Waals surface area contributed by atoms with Gasteiger partial charge in [0.25, 0.3) is 0 Å². The van der Waals surface area contributed by atoms with Gasteiger partial charge in [-0.05, 0) is 0 Å². The fourth-order valence-corrected chi connectivity index (χ4v) is 4.35. The number of carbonyl (C=O) groups is 10. The van der Waals surface area contributed by atoms with E-state index in [0.29, 0.717) is 0 Å². The molecule has 59 heavy (non-hydrogen) atoms. The van der Waals surface area contributed by atoms with Crippen molar-refractivity contribution in [2.75, 3.05) is 118 Å². The van der Waals surface area contributed by atoms with Gasteiger partial charge in [0.1, 0.15) is 0 Å². The molecule has 0 aliphatic carbocycles. The topological polar surface area (TPSA) is 421 Å². The van der Waals surface area contributed by atoms with Gasteiger partial charge in [-0.25, -0.2) is 0 Å². The third-order valence-corrected chi connectivity index (χ3v) is 6.46. The van der Waals surface area contributed by atoms with Crippen molar-refractivity contribution >= 4 is 59.7 Å². The molecular formula is C28H36Fe5N6O20. The Morgan fingerprint density at radius 1 is 0.203 bits per heavy atom. The summed E-state index contributed by atoms with van der Waals surface area (Å²) in [6, 6.07) is 0. The van der Waals surface area contributed by atoms with Gasteiger partial charge in [-0.15, -0.1) is 0 Å². The monoisotopic (exact) mass is 1060 g/mol. The van der Waals surface area contributed by atoms with Crippen molar-refractivity contribution in [2.45, 2.75) is 0 Å². The van der Waals surface area contributed by atoms with Crippen LogP contribution in [-0.4, -0.2) is 207 Å². The van der Waals surface area contributed by atoms with E-state index in [1.54, 1.807) is 0 Å². The summed E-state index contributed by atoms with van der Waals surface area (Å²) >= 11 is 0. The van der Waals surface area contributed by atoms with Crippen molar-refractivity contribution in [3.63, 3.8) is 0 Å². The molecule has 0 aliphatic rings. The van der Waals surface area contributed by atoms with Crippen LogP contribution < -0.4 is 51.1 Å². The van der Waals surface area contributed by atoms with Crippen molar-refractivity contribution in [1.29, 1.82) is 0 Å². The van der Waals surface area contributed by atoms with E-state index in [4.69, 9.17) is 0 Å². The normalized spacial score (nSPS) is 10.1. The molecule has 0 bridgehead atoms. The second kappa shape index (κ2) is 40.5. The van der Waals surface area contributed by atoms with Gasteiger partial charge >= 0.3 is 85.3 Å². The van der Waals surface area contributed by atoms with Crippen molar-refractivity contribution in [3.05, 3.63) is 0 Å². The zero-order chi connectivity index (χ0) is 42.0. The largest absolute Gasteiger partial charge is 2.00 e. The third-order valence-electron chi connectivity index (χ3n) is 6.46. The van der Waals surface area contributed by atoms with Gasteiger partial charge in [0.05, 0.1) is 59.7 Å². The van der Waals surface area contributed by atoms with Crippen LogP contribution >= 0.6 is 0 Å². The maximum atomic E-state index is 10.8. The summed E-state index contributed by atoms with van der Waals surface area (Å²) < 4.78 is 0. The minimum absolute atomic E-state index is 0. The molecule has 0 aliphatic heterocycles. The van der Waals surface area contributed by atoms with E-state index in [2.05, 4.69) is 0 Å². The van der Waals surface area contributed by atoms with Gasteiger partial charge in [-0.3, -0.25) is 29.4 Å².